The number of hydrogen-bond donors (Lipinski definition) is 1. The Kier molecular flexibility index (Phi) is 3.52. The van der Waals surface area contributed by atoms with E-state index in [0.717, 1.165) is 6.92 Å². The Morgan fingerprint density at radius 2 is 2.05 bits per heavy atom. The maximum absolute atomic E-state index is 13.5. The first-order valence-electron chi connectivity index (χ1n) is 6.44. The molecule has 0 spiro atoms. The van der Waals surface area contributed by atoms with Gasteiger partial charge < -0.3 is 14.6 Å². The highest BCUT2D eigenvalue weighted by molar-refractivity contribution is 5.67. The van der Waals surface area contributed by atoms with Crippen LogP contribution in [0.25, 0.3) is 0 Å². The van der Waals surface area contributed by atoms with Crippen LogP contribution in [0.1, 0.15) is 33.6 Å². The molecule has 2 aliphatic rings. The summed E-state index contributed by atoms with van der Waals surface area (Å²) in [6.07, 6.45) is -6.75. The lowest BCUT2D eigenvalue weighted by molar-refractivity contribution is -0.305. The van der Waals surface area contributed by atoms with Crippen molar-refractivity contribution in [2.45, 2.75) is 52.0 Å². The molecular formula is C13H17F3O4. The first-order chi connectivity index (χ1) is 9.10. The second-order valence-corrected chi connectivity index (χ2v) is 5.53. The Morgan fingerprint density at radius 3 is 2.45 bits per heavy atom. The van der Waals surface area contributed by atoms with Crippen LogP contribution in [-0.2, 0) is 14.3 Å². The zero-order chi connectivity index (χ0) is 15.3. The second-order valence-electron chi connectivity index (χ2n) is 5.53. The van der Waals surface area contributed by atoms with E-state index in [1.165, 1.54) is 0 Å². The van der Waals surface area contributed by atoms with Gasteiger partial charge in [-0.15, -0.1) is 0 Å². The molecule has 1 unspecified atom stereocenters. The van der Waals surface area contributed by atoms with Crippen LogP contribution in [0.15, 0.2) is 11.5 Å². The van der Waals surface area contributed by atoms with E-state index in [0.29, 0.717) is 0 Å². The maximum Gasteiger partial charge on any atom is 0.404 e. The van der Waals surface area contributed by atoms with Crippen molar-refractivity contribution in [3.63, 3.8) is 0 Å². The van der Waals surface area contributed by atoms with Gasteiger partial charge in [-0.3, -0.25) is 4.79 Å². The van der Waals surface area contributed by atoms with Crippen LogP contribution in [0.2, 0.25) is 0 Å². The molecule has 7 heteroatoms. The molecule has 0 aliphatic heterocycles. The van der Waals surface area contributed by atoms with Gasteiger partial charge in [-0.25, -0.2) is 0 Å². The van der Waals surface area contributed by atoms with Gasteiger partial charge in [0.2, 0.25) is 0 Å². The van der Waals surface area contributed by atoms with E-state index in [1.807, 2.05) is 0 Å². The summed E-state index contributed by atoms with van der Waals surface area (Å²) in [4.78, 5) is 11.0. The SMILES string of the molecule is CC(=O)OC1=C(OC(C)C)[C@]2(C(F)(F)F)C(O)C[C@@H]2C1. The number of carbonyl (C=O) groups is 1. The normalized spacial score (nSPS) is 33.0. The molecule has 114 valence electrons. The van der Waals surface area contributed by atoms with Gasteiger partial charge in [0.05, 0.1) is 12.2 Å². The van der Waals surface area contributed by atoms with Crippen molar-refractivity contribution in [2.24, 2.45) is 11.3 Å². The van der Waals surface area contributed by atoms with E-state index in [9.17, 15) is 23.1 Å². The fraction of sp³-hybridized carbons (Fsp3) is 0.769. The standard InChI is InChI=1S/C13H17F3O4/c1-6(2)19-11-9(20-7(3)17)4-8-5-10(18)12(8,11)13(14,15)16/h6,8,10,18H,4-5H2,1-3H3/t8-,10?,12+/m0/s1. The van der Waals surface area contributed by atoms with Gasteiger partial charge in [0.15, 0.2) is 11.2 Å². The molecule has 0 amide bonds. The molecule has 1 saturated carbocycles. The van der Waals surface area contributed by atoms with Crippen LogP contribution in [-0.4, -0.2) is 29.5 Å². The minimum atomic E-state index is -4.65. The number of carbonyl (C=O) groups excluding carboxylic acids is 1. The van der Waals surface area contributed by atoms with Gasteiger partial charge >= 0.3 is 12.1 Å². The number of alkyl halides is 3. The van der Waals surface area contributed by atoms with Crippen molar-refractivity contribution >= 4 is 5.97 Å². The molecule has 0 radical (unpaired) electrons. The maximum atomic E-state index is 13.5. The first-order valence-corrected chi connectivity index (χ1v) is 6.44. The Hall–Kier alpha value is -1.24. The molecule has 0 aromatic heterocycles. The molecule has 0 aromatic carbocycles. The molecule has 0 saturated heterocycles. The lowest BCUT2D eigenvalue weighted by Gasteiger charge is -2.50. The summed E-state index contributed by atoms with van der Waals surface area (Å²) >= 11 is 0. The van der Waals surface area contributed by atoms with Crippen molar-refractivity contribution in [2.75, 3.05) is 0 Å². The Bertz CT molecular complexity index is 455. The number of hydrogen-bond acceptors (Lipinski definition) is 4. The summed E-state index contributed by atoms with van der Waals surface area (Å²) in [6.45, 7) is 4.29. The summed E-state index contributed by atoms with van der Waals surface area (Å²) < 4.78 is 50.6. The van der Waals surface area contributed by atoms with Crippen molar-refractivity contribution in [3.05, 3.63) is 11.5 Å². The summed E-state index contributed by atoms with van der Waals surface area (Å²) in [5.74, 6) is -2.07. The highest BCUT2D eigenvalue weighted by Crippen LogP contribution is 2.67. The van der Waals surface area contributed by atoms with Crippen molar-refractivity contribution in [1.82, 2.24) is 0 Å². The van der Waals surface area contributed by atoms with Crippen LogP contribution in [0, 0.1) is 11.3 Å². The van der Waals surface area contributed by atoms with Crippen molar-refractivity contribution in [1.29, 1.82) is 0 Å². The third kappa shape index (κ3) is 1.99. The highest BCUT2D eigenvalue weighted by atomic mass is 19.4. The van der Waals surface area contributed by atoms with Crippen LogP contribution in [0.4, 0.5) is 13.2 Å². The van der Waals surface area contributed by atoms with E-state index >= 15 is 0 Å². The number of aliphatic hydroxyl groups is 1. The van der Waals surface area contributed by atoms with Gasteiger partial charge in [0.25, 0.3) is 0 Å². The van der Waals surface area contributed by atoms with E-state index in [-0.39, 0.29) is 18.6 Å². The number of fused-ring (bicyclic) bond motifs is 1. The summed E-state index contributed by atoms with van der Waals surface area (Å²) in [6, 6.07) is 0. The minimum absolute atomic E-state index is 0.0230. The molecule has 1 fully saturated rings. The third-order valence-electron chi connectivity index (χ3n) is 3.83. The number of halogens is 3. The summed E-state index contributed by atoms with van der Waals surface area (Å²) in [5.41, 5.74) is -2.43. The zero-order valence-corrected chi connectivity index (χ0v) is 11.5. The molecule has 3 atom stereocenters. The lowest BCUT2D eigenvalue weighted by Crippen LogP contribution is -2.61. The van der Waals surface area contributed by atoms with E-state index in [1.54, 1.807) is 13.8 Å². The fourth-order valence-corrected chi connectivity index (χ4v) is 3.09. The molecule has 4 nitrogen and oxygen atoms in total. The van der Waals surface area contributed by atoms with Crippen molar-refractivity contribution in [3.8, 4) is 0 Å². The number of ether oxygens (including phenoxy) is 2. The largest absolute Gasteiger partial charge is 0.491 e. The molecule has 1 N–H and O–H groups in total. The Labute approximate surface area is 114 Å². The average molecular weight is 294 g/mol. The topological polar surface area (TPSA) is 55.8 Å². The van der Waals surface area contributed by atoms with Gasteiger partial charge in [0, 0.05) is 13.3 Å². The number of allylic oxidation sites excluding steroid dienone is 1. The smallest absolute Gasteiger partial charge is 0.404 e. The number of esters is 1. The van der Waals surface area contributed by atoms with E-state index < -0.39 is 41.4 Å². The minimum Gasteiger partial charge on any atom is -0.491 e. The lowest BCUT2D eigenvalue weighted by atomic mass is 9.58. The van der Waals surface area contributed by atoms with Crippen molar-refractivity contribution < 1.29 is 32.5 Å². The van der Waals surface area contributed by atoms with Crippen LogP contribution < -0.4 is 0 Å². The number of rotatable bonds is 3. The second kappa shape index (κ2) is 4.65. The third-order valence-corrected chi connectivity index (χ3v) is 3.83. The molecule has 0 bridgehead atoms. The summed E-state index contributed by atoms with van der Waals surface area (Å²) in [7, 11) is 0. The predicted octanol–water partition coefficient (Wildman–Crippen LogP) is 2.52. The molecule has 2 aliphatic carbocycles. The Morgan fingerprint density at radius 1 is 1.45 bits per heavy atom. The Balaban J connectivity index is 2.48. The predicted molar refractivity (Wildman–Crippen MR) is 62.2 cm³/mol. The van der Waals surface area contributed by atoms with Crippen LogP contribution >= 0.6 is 0 Å². The van der Waals surface area contributed by atoms with Gasteiger partial charge in [-0.2, -0.15) is 13.2 Å². The fourth-order valence-electron chi connectivity index (χ4n) is 3.09. The first kappa shape index (κ1) is 15.2. The molecular weight excluding hydrogens is 277 g/mol. The average Bonchev–Trinajstić information content (AvgIpc) is 2.45. The summed E-state index contributed by atoms with van der Waals surface area (Å²) in [5, 5.41) is 9.76. The number of aliphatic hydroxyl groups excluding tert-OH is 1. The van der Waals surface area contributed by atoms with Gasteiger partial charge in [0.1, 0.15) is 5.76 Å². The monoisotopic (exact) mass is 294 g/mol. The van der Waals surface area contributed by atoms with Crippen LogP contribution in [0.3, 0.4) is 0 Å². The molecule has 2 rings (SSSR count). The quantitative estimate of drug-likeness (QED) is 0.813. The zero-order valence-electron chi connectivity index (χ0n) is 11.5. The highest BCUT2D eigenvalue weighted by Gasteiger charge is 2.76. The van der Waals surface area contributed by atoms with E-state index in [2.05, 4.69) is 0 Å². The molecule has 20 heavy (non-hydrogen) atoms. The van der Waals surface area contributed by atoms with Crippen LogP contribution in [0.5, 0.6) is 0 Å². The van der Waals surface area contributed by atoms with Gasteiger partial charge in [-0.05, 0) is 26.2 Å². The van der Waals surface area contributed by atoms with E-state index in [4.69, 9.17) is 9.47 Å². The molecule has 0 heterocycles. The molecule has 0 aromatic rings. The van der Waals surface area contributed by atoms with Gasteiger partial charge in [-0.1, -0.05) is 0 Å².